The predicted molar refractivity (Wildman–Crippen MR) is 106 cm³/mol. The first-order valence-electron chi connectivity index (χ1n) is 8.54. The van der Waals surface area contributed by atoms with Crippen molar-refractivity contribution in [2.75, 3.05) is 5.32 Å². The molecule has 0 saturated carbocycles. The van der Waals surface area contributed by atoms with E-state index in [2.05, 4.69) is 25.4 Å². The van der Waals surface area contributed by atoms with E-state index in [9.17, 15) is 5.11 Å². The maximum Gasteiger partial charge on any atom is 0.247 e. The molecule has 3 N–H and O–H groups in total. The minimum Gasteiger partial charge on any atom is -0.508 e. The van der Waals surface area contributed by atoms with Gasteiger partial charge in [0, 0.05) is 12.7 Å². The van der Waals surface area contributed by atoms with E-state index in [1.54, 1.807) is 22.7 Å². The van der Waals surface area contributed by atoms with Crippen LogP contribution in [0.2, 0.25) is 0 Å². The maximum atomic E-state index is 9.77. The normalized spacial score (nSPS) is 11.3. The minimum absolute atomic E-state index is 0. The molecule has 0 atom stereocenters. The summed E-state index contributed by atoms with van der Waals surface area (Å²) in [4.78, 5) is 12.2. The minimum atomic E-state index is 0. The highest BCUT2D eigenvalue weighted by Crippen LogP contribution is 2.25. The van der Waals surface area contributed by atoms with Crippen LogP contribution in [0.4, 0.5) is 11.6 Å². The highest BCUT2D eigenvalue weighted by molar-refractivity contribution is 5.80. The summed E-state index contributed by atoms with van der Waals surface area (Å²) in [5.41, 5.74) is 5.20. The fourth-order valence-electron chi connectivity index (χ4n) is 3.19. The van der Waals surface area contributed by atoms with Gasteiger partial charge in [-0.2, -0.15) is 4.98 Å². The lowest BCUT2D eigenvalue weighted by Gasteiger charge is -2.04. The molecule has 0 saturated heterocycles. The number of phenols is 1. The van der Waals surface area contributed by atoms with Gasteiger partial charge in [-0.1, -0.05) is 18.2 Å². The average Bonchev–Trinajstić information content (AvgIpc) is 3.22. The zero-order valence-corrected chi connectivity index (χ0v) is 14.5. The summed E-state index contributed by atoms with van der Waals surface area (Å²) in [6, 6.07) is 18.7. The summed E-state index contributed by atoms with van der Waals surface area (Å²) in [5.74, 6) is 1.59. The van der Waals surface area contributed by atoms with Crippen molar-refractivity contribution in [3.8, 4) is 17.0 Å². The number of pyridine rings is 1. The number of aromatic hydroxyl groups is 1. The number of benzene rings is 2. The van der Waals surface area contributed by atoms with Gasteiger partial charge in [-0.25, -0.2) is 9.50 Å². The Balaban J connectivity index is 0.00000192. The molecule has 7 nitrogen and oxygen atoms in total. The molecule has 7 heteroatoms. The van der Waals surface area contributed by atoms with Gasteiger partial charge in [-0.15, -0.1) is 5.10 Å². The summed E-state index contributed by atoms with van der Waals surface area (Å²) >= 11 is 0. The molecular weight excluding hydrogens is 340 g/mol. The highest BCUT2D eigenvalue weighted by atomic mass is 16.3. The van der Waals surface area contributed by atoms with Crippen LogP contribution in [0.5, 0.6) is 5.75 Å². The standard InChI is InChI=1S/C20H16N6O.H2/c1-12-21-16-9-8-14(11-17(16)22-12)23-20-24-19-7-3-6-18(26(19)25-20)13-4-2-5-15(27)10-13;/h2-11,27H,1H3,(H,21,22)(H,23,25);1H. The summed E-state index contributed by atoms with van der Waals surface area (Å²) < 4.78 is 1.76. The van der Waals surface area contributed by atoms with Crippen molar-refractivity contribution in [1.82, 2.24) is 24.6 Å². The van der Waals surface area contributed by atoms with Crippen LogP contribution in [-0.4, -0.2) is 29.7 Å². The summed E-state index contributed by atoms with van der Waals surface area (Å²) in [5, 5.41) is 17.6. The topological polar surface area (TPSA) is 91.1 Å². The fourth-order valence-corrected chi connectivity index (χ4v) is 3.19. The molecule has 0 spiro atoms. The van der Waals surface area contributed by atoms with Crippen molar-refractivity contribution in [2.24, 2.45) is 0 Å². The van der Waals surface area contributed by atoms with Crippen LogP contribution < -0.4 is 5.32 Å². The molecule has 0 fully saturated rings. The molecule has 0 aliphatic heterocycles. The van der Waals surface area contributed by atoms with E-state index in [1.807, 2.05) is 49.4 Å². The van der Waals surface area contributed by atoms with Gasteiger partial charge in [-0.3, -0.25) is 0 Å². The molecule has 134 valence electrons. The van der Waals surface area contributed by atoms with Crippen molar-refractivity contribution >= 4 is 28.3 Å². The van der Waals surface area contributed by atoms with E-state index < -0.39 is 0 Å². The molecular formula is C20H18N6O. The van der Waals surface area contributed by atoms with Gasteiger partial charge >= 0.3 is 0 Å². The molecule has 0 radical (unpaired) electrons. The third-order valence-corrected chi connectivity index (χ3v) is 4.36. The van der Waals surface area contributed by atoms with Crippen molar-refractivity contribution < 1.29 is 6.53 Å². The van der Waals surface area contributed by atoms with E-state index in [-0.39, 0.29) is 7.18 Å². The number of hydrogen-bond donors (Lipinski definition) is 3. The third kappa shape index (κ3) is 2.75. The second-order valence-corrected chi connectivity index (χ2v) is 6.35. The van der Waals surface area contributed by atoms with E-state index >= 15 is 0 Å². The van der Waals surface area contributed by atoms with Gasteiger partial charge in [0.2, 0.25) is 5.95 Å². The first kappa shape index (κ1) is 15.4. The number of fused-ring (bicyclic) bond motifs is 2. The molecule has 3 heterocycles. The van der Waals surface area contributed by atoms with Gasteiger partial charge < -0.3 is 15.4 Å². The molecule has 0 amide bonds. The third-order valence-electron chi connectivity index (χ3n) is 4.36. The highest BCUT2D eigenvalue weighted by Gasteiger charge is 2.10. The number of aromatic nitrogens is 5. The Labute approximate surface area is 155 Å². The Hall–Kier alpha value is -3.87. The van der Waals surface area contributed by atoms with Crippen LogP contribution in [0.1, 0.15) is 7.25 Å². The summed E-state index contributed by atoms with van der Waals surface area (Å²) in [6.45, 7) is 1.93. The summed E-state index contributed by atoms with van der Waals surface area (Å²) in [6.07, 6.45) is 0. The Morgan fingerprint density at radius 1 is 1.04 bits per heavy atom. The Morgan fingerprint density at radius 3 is 2.81 bits per heavy atom. The Kier molecular flexibility index (Phi) is 3.33. The largest absolute Gasteiger partial charge is 0.508 e. The fraction of sp³-hybridized carbons (Fsp3) is 0.0500. The van der Waals surface area contributed by atoms with E-state index in [0.29, 0.717) is 5.95 Å². The lowest BCUT2D eigenvalue weighted by Crippen LogP contribution is -1.95. The lowest BCUT2D eigenvalue weighted by atomic mass is 10.1. The first-order valence-corrected chi connectivity index (χ1v) is 8.54. The van der Waals surface area contributed by atoms with Crippen LogP contribution >= 0.6 is 0 Å². The Morgan fingerprint density at radius 2 is 1.93 bits per heavy atom. The van der Waals surface area contributed by atoms with Crippen molar-refractivity contribution in [3.05, 3.63) is 66.5 Å². The number of nitrogens with one attached hydrogen (secondary N) is 2. The molecule has 27 heavy (non-hydrogen) atoms. The maximum absolute atomic E-state index is 9.77. The van der Waals surface area contributed by atoms with Crippen molar-refractivity contribution in [2.45, 2.75) is 6.92 Å². The molecule has 3 aromatic heterocycles. The average molecular weight is 358 g/mol. The monoisotopic (exact) mass is 358 g/mol. The quantitative estimate of drug-likeness (QED) is 0.448. The van der Waals surface area contributed by atoms with Gasteiger partial charge in [0.15, 0.2) is 5.65 Å². The Bertz CT molecular complexity index is 1290. The number of anilines is 2. The number of H-pyrrole nitrogens is 1. The molecule has 0 aliphatic carbocycles. The van der Waals surface area contributed by atoms with Gasteiger partial charge in [0.1, 0.15) is 11.6 Å². The molecule has 0 aliphatic rings. The van der Waals surface area contributed by atoms with Crippen LogP contribution in [0.15, 0.2) is 60.7 Å². The van der Waals surface area contributed by atoms with Crippen LogP contribution in [0.3, 0.4) is 0 Å². The second kappa shape index (κ2) is 5.84. The second-order valence-electron chi connectivity index (χ2n) is 6.35. The predicted octanol–water partition coefficient (Wildman–Crippen LogP) is 4.28. The number of hydrogen-bond acceptors (Lipinski definition) is 5. The molecule has 5 rings (SSSR count). The van der Waals surface area contributed by atoms with Crippen LogP contribution in [0.25, 0.3) is 27.9 Å². The molecule has 2 aromatic carbocycles. The SMILES string of the molecule is Cc1nc2ccc(Nc3nc4cccc(-c5cccc(O)c5)n4n3)cc2[nH]1.[HH]. The van der Waals surface area contributed by atoms with Crippen molar-refractivity contribution in [1.29, 1.82) is 0 Å². The van der Waals surface area contributed by atoms with Crippen LogP contribution in [-0.2, 0) is 0 Å². The number of nitrogens with zero attached hydrogens (tertiary/aromatic N) is 4. The summed E-state index contributed by atoms with van der Waals surface area (Å²) in [7, 11) is 0. The van der Waals surface area contributed by atoms with Gasteiger partial charge in [0.05, 0.1) is 16.7 Å². The van der Waals surface area contributed by atoms with E-state index in [4.69, 9.17) is 0 Å². The van der Waals surface area contributed by atoms with Gasteiger partial charge in [0.25, 0.3) is 0 Å². The van der Waals surface area contributed by atoms with E-state index in [1.165, 1.54) is 0 Å². The number of aryl methyl sites for hydroxylation is 1. The molecule has 5 aromatic rings. The lowest BCUT2D eigenvalue weighted by molar-refractivity contribution is 0.475. The number of rotatable bonds is 3. The number of aromatic amines is 1. The number of imidazole rings is 1. The number of phenolic OH excluding ortho intramolecular Hbond substituents is 1. The van der Waals surface area contributed by atoms with E-state index in [0.717, 1.165) is 39.4 Å². The zero-order chi connectivity index (χ0) is 18.4. The molecule has 0 unspecified atom stereocenters. The van der Waals surface area contributed by atoms with Gasteiger partial charge in [-0.05, 0) is 49.4 Å². The molecule has 0 bridgehead atoms. The smallest absolute Gasteiger partial charge is 0.247 e. The van der Waals surface area contributed by atoms with Crippen molar-refractivity contribution in [3.63, 3.8) is 0 Å². The first-order chi connectivity index (χ1) is 13.2. The van der Waals surface area contributed by atoms with Crippen LogP contribution in [0, 0.1) is 6.92 Å². The zero-order valence-electron chi connectivity index (χ0n) is 14.5.